The molecule has 0 aliphatic carbocycles. The zero-order chi connectivity index (χ0) is 20.9. The normalized spacial score (nSPS) is 12.3. The molecule has 9 heteroatoms. The Bertz CT molecular complexity index is 1080. The van der Waals surface area contributed by atoms with Gasteiger partial charge in [-0.3, -0.25) is 14.2 Å². The van der Waals surface area contributed by atoms with Crippen molar-refractivity contribution in [3.63, 3.8) is 0 Å². The molecule has 1 atom stereocenters. The van der Waals surface area contributed by atoms with Crippen LogP contribution in [-0.2, 0) is 16.6 Å². The molecule has 1 unspecified atom stereocenters. The van der Waals surface area contributed by atoms with Crippen LogP contribution in [0.25, 0.3) is 0 Å². The van der Waals surface area contributed by atoms with E-state index in [1.54, 1.807) is 41.2 Å². The maximum Gasteiger partial charge on any atom is 0.261 e. The molecule has 3 aromatic rings. The number of sulfonamides is 1. The SMILES string of the molecule is CC(CNC(=O)c1cccc(S(=O)(=O)Nc2ccccc2Cl)c1)Cn1cccn1. The molecule has 0 fully saturated rings. The predicted octanol–water partition coefficient (Wildman–Crippen LogP) is 3.40. The fraction of sp³-hybridized carbons (Fsp3) is 0.200. The Hall–Kier alpha value is -2.84. The van der Waals surface area contributed by atoms with Gasteiger partial charge in [-0.2, -0.15) is 5.10 Å². The summed E-state index contributed by atoms with van der Waals surface area (Å²) in [6.45, 7) is 3.10. The van der Waals surface area contributed by atoms with Crippen molar-refractivity contribution in [3.8, 4) is 0 Å². The zero-order valence-electron chi connectivity index (χ0n) is 15.7. The molecule has 1 amide bonds. The van der Waals surface area contributed by atoms with Crippen molar-refractivity contribution in [2.75, 3.05) is 11.3 Å². The van der Waals surface area contributed by atoms with Crippen LogP contribution >= 0.6 is 11.6 Å². The van der Waals surface area contributed by atoms with Crippen LogP contribution in [0.15, 0.2) is 71.9 Å². The lowest BCUT2D eigenvalue weighted by Gasteiger charge is -2.13. The van der Waals surface area contributed by atoms with E-state index in [0.717, 1.165) is 0 Å². The first-order chi connectivity index (χ1) is 13.8. The minimum Gasteiger partial charge on any atom is -0.352 e. The Kier molecular flexibility index (Phi) is 6.56. The minimum atomic E-state index is -3.88. The fourth-order valence-electron chi connectivity index (χ4n) is 2.71. The Balaban J connectivity index is 1.66. The van der Waals surface area contributed by atoms with Gasteiger partial charge in [-0.15, -0.1) is 0 Å². The van der Waals surface area contributed by atoms with Crippen LogP contribution in [0.2, 0.25) is 5.02 Å². The summed E-state index contributed by atoms with van der Waals surface area (Å²) in [6.07, 6.45) is 3.56. The molecule has 152 valence electrons. The Morgan fingerprint density at radius 1 is 1.17 bits per heavy atom. The third kappa shape index (κ3) is 5.58. The van der Waals surface area contributed by atoms with Gasteiger partial charge in [0.1, 0.15) is 0 Å². The molecule has 2 N–H and O–H groups in total. The predicted molar refractivity (Wildman–Crippen MR) is 112 cm³/mol. The molecular formula is C20H21ClN4O3S. The van der Waals surface area contributed by atoms with E-state index in [1.807, 2.05) is 19.2 Å². The highest BCUT2D eigenvalue weighted by molar-refractivity contribution is 7.92. The van der Waals surface area contributed by atoms with E-state index < -0.39 is 10.0 Å². The van der Waals surface area contributed by atoms with Crippen LogP contribution in [0.4, 0.5) is 5.69 Å². The second-order valence-electron chi connectivity index (χ2n) is 6.66. The van der Waals surface area contributed by atoms with Crippen LogP contribution in [-0.4, -0.2) is 30.7 Å². The van der Waals surface area contributed by atoms with E-state index in [0.29, 0.717) is 13.1 Å². The van der Waals surface area contributed by atoms with Crippen LogP contribution < -0.4 is 10.0 Å². The van der Waals surface area contributed by atoms with Crippen molar-refractivity contribution in [1.29, 1.82) is 0 Å². The first kappa shape index (κ1) is 20.9. The quantitative estimate of drug-likeness (QED) is 0.570. The maximum atomic E-state index is 12.7. The maximum absolute atomic E-state index is 12.7. The molecule has 0 aliphatic heterocycles. The Labute approximate surface area is 174 Å². The number of benzene rings is 2. The Morgan fingerprint density at radius 2 is 1.97 bits per heavy atom. The summed E-state index contributed by atoms with van der Waals surface area (Å²) in [4.78, 5) is 12.5. The molecule has 0 spiro atoms. The molecule has 0 saturated heterocycles. The number of aromatic nitrogens is 2. The molecule has 0 bridgehead atoms. The van der Waals surface area contributed by atoms with Crippen LogP contribution in [0.3, 0.4) is 0 Å². The molecule has 29 heavy (non-hydrogen) atoms. The van der Waals surface area contributed by atoms with E-state index in [-0.39, 0.29) is 33.0 Å². The number of hydrogen-bond donors (Lipinski definition) is 2. The summed E-state index contributed by atoms with van der Waals surface area (Å²) in [5.74, 6) is -0.181. The van der Waals surface area contributed by atoms with Gasteiger partial charge in [-0.05, 0) is 42.3 Å². The lowest BCUT2D eigenvalue weighted by molar-refractivity contribution is 0.0946. The number of nitrogens with zero attached hydrogens (tertiary/aromatic N) is 2. The highest BCUT2D eigenvalue weighted by atomic mass is 35.5. The summed E-state index contributed by atoms with van der Waals surface area (Å²) < 4.78 is 29.6. The molecule has 3 rings (SSSR count). The van der Waals surface area contributed by atoms with Crippen molar-refractivity contribution < 1.29 is 13.2 Å². The monoisotopic (exact) mass is 432 g/mol. The van der Waals surface area contributed by atoms with E-state index in [1.165, 1.54) is 18.2 Å². The topological polar surface area (TPSA) is 93.1 Å². The number of nitrogens with one attached hydrogen (secondary N) is 2. The number of hydrogen-bond acceptors (Lipinski definition) is 4. The first-order valence-corrected chi connectivity index (χ1v) is 10.8. The number of para-hydroxylation sites is 1. The second-order valence-corrected chi connectivity index (χ2v) is 8.75. The highest BCUT2D eigenvalue weighted by Crippen LogP contribution is 2.24. The molecule has 7 nitrogen and oxygen atoms in total. The van der Waals surface area contributed by atoms with Crippen molar-refractivity contribution >= 4 is 33.2 Å². The van der Waals surface area contributed by atoms with E-state index in [4.69, 9.17) is 11.6 Å². The summed E-state index contributed by atoms with van der Waals surface area (Å²) in [6, 6.07) is 14.3. The first-order valence-electron chi connectivity index (χ1n) is 8.98. The van der Waals surface area contributed by atoms with Gasteiger partial charge in [0.15, 0.2) is 0 Å². The number of carbonyl (C=O) groups excluding carboxylic acids is 1. The van der Waals surface area contributed by atoms with Crippen molar-refractivity contribution in [1.82, 2.24) is 15.1 Å². The van der Waals surface area contributed by atoms with Crippen molar-refractivity contribution in [2.45, 2.75) is 18.4 Å². The van der Waals surface area contributed by atoms with Crippen LogP contribution in [0, 0.1) is 5.92 Å². The van der Waals surface area contributed by atoms with Gasteiger partial charge in [0.25, 0.3) is 15.9 Å². The summed E-state index contributed by atoms with van der Waals surface area (Å²) in [5, 5.41) is 7.26. The summed E-state index contributed by atoms with van der Waals surface area (Å²) in [5.41, 5.74) is 0.537. The largest absolute Gasteiger partial charge is 0.352 e. The summed E-state index contributed by atoms with van der Waals surface area (Å²) >= 11 is 6.02. The van der Waals surface area contributed by atoms with Gasteiger partial charge in [0.05, 0.1) is 15.6 Å². The molecule has 2 aromatic carbocycles. The van der Waals surface area contributed by atoms with Gasteiger partial charge >= 0.3 is 0 Å². The zero-order valence-corrected chi connectivity index (χ0v) is 17.3. The van der Waals surface area contributed by atoms with Crippen molar-refractivity contribution in [3.05, 3.63) is 77.6 Å². The average molecular weight is 433 g/mol. The Morgan fingerprint density at radius 3 is 2.69 bits per heavy atom. The number of rotatable bonds is 8. The minimum absolute atomic E-state index is 0.0188. The van der Waals surface area contributed by atoms with Crippen molar-refractivity contribution in [2.24, 2.45) is 5.92 Å². The number of anilines is 1. The van der Waals surface area contributed by atoms with Gasteiger partial charge in [0, 0.05) is 31.0 Å². The van der Waals surface area contributed by atoms with Gasteiger partial charge in [0.2, 0.25) is 0 Å². The average Bonchev–Trinajstić information content (AvgIpc) is 3.21. The second kappa shape index (κ2) is 9.11. The van der Waals surface area contributed by atoms with Crippen LogP contribution in [0.5, 0.6) is 0 Å². The summed E-state index contributed by atoms with van der Waals surface area (Å²) in [7, 11) is -3.88. The molecule has 0 aliphatic rings. The molecular weight excluding hydrogens is 412 g/mol. The highest BCUT2D eigenvalue weighted by Gasteiger charge is 2.18. The lowest BCUT2D eigenvalue weighted by Crippen LogP contribution is -2.30. The van der Waals surface area contributed by atoms with E-state index in [9.17, 15) is 13.2 Å². The third-order valence-corrected chi connectivity index (χ3v) is 5.89. The standard InChI is InChI=1S/C20H21ClN4O3S/c1-15(14-25-11-5-10-23-25)13-22-20(26)16-6-4-7-17(12-16)29(27,28)24-19-9-3-2-8-18(19)21/h2-12,15,24H,13-14H2,1H3,(H,22,26). The van der Waals surface area contributed by atoms with E-state index in [2.05, 4.69) is 15.1 Å². The number of halogens is 1. The smallest absolute Gasteiger partial charge is 0.261 e. The molecule has 1 heterocycles. The van der Waals surface area contributed by atoms with E-state index >= 15 is 0 Å². The number of carbonyl (C=O) groups is 1. The van der Waals surface area contributed by atoms with Crippen LogP contribution in [0.1, 0.15) is 17.3 Å². The molecule has 0 saturated carbocycles. The lowest BCUT2D eigenvalue weighted by atomic mass is 10.1. The van der Waals surface area contributed by atoms with Gasteiger partial charge in [-0.1, -0.05) is 36.7 Å². The number of amides is 1. The molecule has 1 aromatic heterocycles. The third-order valence-electron chi connectivity index (χ3n) is 4.19. The van der Waals surface area contributed by atoms with Gasteiger partial charge in [-0.25, -0.2) is 8.42 Å². The fourth-order valence-corrected chi connectivity index (χ4v) is 4.08. The molecule has 0 radical (unpaired) electrons. The van der Waals surface area contributed by atoms with Gasteiger partial charge < -0.3 is 5.32 Å².